The molecule has 23 heavy (non-hydrogen) atoms. The van der Waals surface area contributed by atoms with Gasteiger partial charge in [-0.15, -0.1) is 0 Å². The molecule has 4 nitrogen and oxygen atoms in total. The number of fused-ring (bicyclic) bond motifs is 1. The summed E-state index contributed by atoms with van der Waals surface area (Å²) in [6.45, 7) is 8.93. The van der Waals surface area contributed by atoms with Crippen molar-refractivity contribution >= 4 is 18.5 Å². The molecule has 4 rings (SSSR count). The molecule has 3 aliphatic rings. The van der Waals surface area contributed by atoms with Gasteiger partial charge in [0.25, 0.3) is 5.91 Å². The fourth-order valence-electron chi connectivity index (χ4n) is 3.46. The van der Waals surface area contributed by atoms with Crippen LogP contribution in [0.4, 0.5) is 0 Å². The van der Waals surface area contributed by atoms with Crippen LogP contribution in [0.3, 0.4) is 0 Å². The Hall–Kier alpha value is -1.33. The lowest BCUT2D eigenvalue weighted by Crippen LogP contribution is -2.41. The lowest BCUT2D eigenvalue weighted by molar-refractivity contribution is 0.00578. The second-order valence-corrected chi connectivity index (χ2v) is 8.02. The molecule has 1 aromatic rings. The molecule has 5 heteroatoms. The van der Waals surface area contributed by atoms with Gasteiger partial charge in [-0.3, -0.25) is 4.79 Å². The zero-order chi connectivity index (χ0) is 16.4. The zero-order valence-electron chi connectivity index (χ0n) is 14.4. The van der Waals surface area contributed by atoms with Crippen molar-refractivity contribution in [3.05, 3.63) is 29.3 Å². The van der Waals surface area contributed by atoms with Gasteiger partial charge in [-0.2, -0.15) is 0 Å². The number of rotatable bonds is 2. The minimum atomic E-state index is -0.407. The predicted octanol–water partition coefficient (Wildman–Crippen LogP) is 2.49. The van der Waals surface area contributed by atoms with Crippen molar-refractivity contribution in [2.24, 2.45) is 0 Å². The average Bonchev–Trinajstić information content (AvgIpc) is 2.83. The number of carbonyl (C=O) groups is 1. The molecule has 1 saturated carbocycles. The molecule has 1 amide bonds. The first-order chi connectivity index (χ1) is 10.8. The third kappa shape index (κ3) is 2.24. The highest BCUT2D eigenvalue weighted by molar-refractivity contribution is 6.62. The Labute approximate surface area is 138 Å². The Morgan fingerprint density at radius 3 is 2.35 bits per heavy atom. The van der Waals surface area contributed by atoms with E-state index >= 15 is 0 Å². The van der Waals surface area contributed by atoms with Gasteiger partial charge in [-0.05, 0) is 64.1 Å². The normalized spacial score (nSPS) is 25.7. The number of nitrogens with zero attached hydrogens (tertiary/aromatic N) is 1. The SMILES string of the molecule is CC1(C)OB(c2ccc3c(c2)C(=O)N(C2CCC2)C3)OC1(C)C. The maximum absolute atomic E-state index is 12.7. The molecule has 0 spiro atoms. The minimum absolute atomic E-state index is 0.170. The number of hydrogen-bond donors (Lipinski definition) is 0. The van der Waals surface area contributed by atoms with Crippen LogP contribution in [0.1, 0.15) is 62.9 Å². The summed E-state index contributed by atoms with van der Waals surface area (Å²) in [5, 5.41) is 0. The Kier molecular flexibility index (Phi) is 3.20. The highest BCUT2D eigenvalue weighted by Crippen LogP contribution is 2.37. The molecule has 0 radical (unpaired) electrons. The smallest absolute Gasteiger partial charge is 0.399 e. The van der Waals surface area contributed by atoms with E-state index in [1.807, 2.05) is 44.7 Å². The quantitative estimate of drug-likeness (QED) is 0.788. The van der Waals surface area contributed by atoms with E-state index < -0.39 is 7.12 Å². The van der Waals surface area contributed by atoms with Crippen LogP contribution in [-0.4, -0.2) is 35.2 Å². The van der Waals surface area contributed by atoms with E-state index in [4.69, 9.17) is 9.31 Å². The number of carbonyl (C=O) groups excluding carboxylic acids is 1. The molecule has 0 atom stereocenters. The summed E-state index contributed by atoms with van der Waals surface area (Å²) in [6, 6.07) is 6.51. The summed E-state index contributed by atoms with van der Waals surface area (Å²) >= 11 is 0. The van der Waals surface area contributed by atoms with Gasteiger partial charge in [0.2, 0.25) is 0 Å². The van der Waals surface area contributed by atoms with E-state index in [0.717, 1.165) is 36.0 Å². The first kappa shape index (κ1) is 15.2. The molecule has 0 aromatic heterocycles. The average molecular weight is 313 g/mol. The molecular weight excluding hydrogens is 289 g/mol. The molecular formula is C18H24BNO3. The van der Waals surface area contributed by atoms with Crippen LogP contribution in [0, 0.1) is 0 Å². The molecule has 0 unspecified atom stereocenters. The summed E-state index contributed by atoms with van der Waals surface area (Å²) in [7, 11) is -0.407. The second-order valence-electron chi connectivity index (χ2n) is 8.02. The minimum Gasteiger partial charge on any atom is -0.399 e. The summed E-state index contributed by atoms with van der Waals surface area (Å²) in [5.41, 5.74) is 2.16. The van der Waals surface area contributed by atoms with Crippen LogP contribution in [0.2, 0.25) is 0 Å². The van der Waals surface area contributed by atoms with Gasteiger partial charge in [0.05, 0.1) is 11.2 Å². The van der Waals surface area contributed by atoms with E-state index in [0.29, 0.717) is 6.04 Å². The first-order valence-corrected chi connectivity index (χ1v) is 8.58. The molecule has 0 bridgehead atoms. The topological polar surface area (TPSA) is 38.8 Å². The summed E-state index contributed by atoms with van der Waals surface area (Å²) < 4.78 is 12.2. The fraction of sp³-hybridized carbons (Fsp3) is 0.611. The Morgan fingerprint density at radius 2 is 1.78 bits per heavy atom. The number of amides is 1. The Bertz CT molecular complexity index is 650. The van der Waals surface area contributed by atoms with Crippen molar-refractivity contribution < 1.29 is 14.1 Å². The van der Waals surface area contributed by atoms with E-state index in [-0.39, 0.29) is 17.1 Å². The van der Waals surface area contributed by atoms with Crippen LogP contribution < -0.4 is 5.46 Å². The molecule has 2 fully saturated rings. The van der Waals surface area contributed by atoms with Crippen molar-refractivity contribution in [2.45, 2.75) is 70.7 Å². The van der Waals surface area contributed by atoms with Crippen molar-refractivity contribution in [3.8, 4) is 0 Å². The Morgan fingerprint density at radius 1 is 1.13 bits per heavy atom. The van der Waals surface area contributed by atoms with Crippen molar-refractivity contribution in [1.29, 1.82) is 0 Å². The van der Waals surface area contributed by atoms with E-state index in [1.54, 1.807) is 0 Å². The first-order valence-electron chi connectivity index (χ1n) is 8.58. The van der Waals surface area contributed by atoms with Crippen molar-refractivity contribution in [1.82, 2.24) is 4.90 Å². The zero-order valence-corrected chi connectivity index (χ0v) is 14.4. The highest BCUT2D eigenvalue weighted by Gasteiger charge is 2.52. The third-order valence-corrected chi connectivity index (χ3v) is 6.01. The van der Waals surface area contributed by atoms with Crippen LogP contribution in [0.15, 0.2) is 18.2 Å². The van der Waals surface area contributed by atoms with Crippen LogP contribution >= 0.6 is 0 Å². The fourth-order valence-corrected chi connectivity index (χ4v) is 3.46. The largest absolute Gasteiger partial charge is 0.494 e. The van der Waals surface area contributed by atoms with E-state index in [2.05, 4.69) is 6.07 Å². The monoisotopic (exact) mass is 313 g/mol. The molecule has 2 aliphatic heterocycles. The van der Waals surface area contributed by atoms with Gasteiger partial charge in [-0.25, -0.2) is 0 Å². The van der Waals surface area contributed by atoms with Crippen LogP contribution in [0.5, 0.6) is 0 Å². The summed E-state index contributed by atoms with van der Waals surface area (Å²) in [4.78, 5) is 14.7. The summed E-state index contributed by atoms with van der Waals surface area (Å²) in [6.07, 6.45) is 3.53. The molecule has 2 heterocycles. The molecule has 0 N–H and O–H groups in total. The molecule has 1 saturated heterocycles. The van der Waals surface area contributed by atoms with E-state index in [1.165, 1.54) is 6.42 Å². The number of benzene rings is 1. The maximum atomic E-state index is 12.7. The van der Waals surface area contributed by atoms with Crippen molar-refractivity contribution in [3.63, 3.8) is 0 Å². The van der Waals surface area contributed by atoms with Crippen molar-refractivity contribution in [2.75, 3.05) is 0 Å². The molecule has 1 aliphatic carbocycles. The lowest BCUT2D eigenvalue weighted by Gasteiger charge is -2.34. The van der Waals surface area contributed by atoms with Crippen LogP contribution in [0.25, 0.3) is 0 Å². The lowest BCUT2D eigenvalue weighted by atomic mass is 9.78. The molecule has 1 aromatic carbocycles. The standard InChI is InChI=1S/C18H24BNO3/c1-17(2)18(3,4)23-19(22-17)13-9-8-12-11-20(14-6-5-7-14)16(21)15(12)10-13/h8-10,14H,5-7,11H2,1-4H3. The second kappa shape index (κ2) is 4.84. The van der Waals surface area contributed by atoms with Gasteiger partial charge in [0.15, 0.2) is 0 Å². The summed E-state index contributed by atoms with van der Waals surface area (Å²) in [5.74, 6) is 0.170. The van der Waals surface area contributed by atoms with Gasteiger partial charge >= 0.3 is 7.12 Å². The highest BCUT2D eigenvalue weighted by atomic mass is 16.7. The van der Waals surface area contributed by atoms with E-state index in [9.17, 15) is 4.79 Å². The van der Waals surface area contributed by atoms with Gasteiger partial charge < -0.3 is 14.2 Å². The van der Waals surface area contributed by atoms with Gasteiger partial charge in [0.1, 0.15) is 0 Å². The number of hydrogen-bond acceptors (Lipinski definition) is 3. The van der Waals surface area contributed by atoms with Crippen LogP contribution in [-0.2, 0) is 15.9 Å². The Balaban J connectivity index is 1.60. The predicted molar refractivity (Wildman–Crippen MR) is 89.7 cm³/mol. The third-order valence-electron chi connectivity index (χ3n) is 6.01. The molecule has 122 valence electrons. The maximum Gasteiger partial charge on any atom is 0.494 e. The van der Waals surface area contributed by atoms with Gasteiger partial charge in [-0.1, -0.05) is 12.1 Å². The van der Waals surface area contributed by atoms with Gasteiger partial charge in [0, 0.05) is 18.2 Å².